The molecule has 0 N–H and O–H groups in total. The fourth-order valence-corrected chi connectivity index (χ4v) is 3.54. The Morgan fingerprint density at radius 1 is 1.25 bits per heavy atom. The molecule has 10 heteroatoms. The maximum absolute atomic E-state index is 13.2. The molecule has 5 nitrogen and oxygen atoms in total. The quantitative estimate of drug-likeness (QED) is 0.753. The van der Waals surface area contributed by atoms with Crippen LogP contribution < -0.4 is 13.7 Å². The second kappa shape index (κ2) is 5.85. The maximum Gasteiger partial charge on any atom is 0.429 e. The minimum atomic E-state index is -4.72. The van der Waals surface area contributed by atoms with Gasteiger partial charge in [0.2, 0.25) is 6.79 Å². The predicted molar refractivity (Wildman–Crippen MR) is 81.0 cm³/mol. The van der Waals surface area contributed by atoms with E-state index in [0.29, 0.717) is 28.4 Å². The number of benzene rings is 1. The second-order valence-electron chi connectivity index (χ2n) is 4.80. The van der Waals surface area contributed by atoms with Crippen LogP contribution in [0.3, 0.4) is 0 Å². The van der Waals surface area contributed by atoms with E-state index in [-0.39, 0.29) is 12.4 Å². The number of ether oxygens (including phenoxy) is 2. The van der Waals surface area contributed by atoms with E-state index in [1.807, 2.05) is 0 Å². The first kappa shape index (κ1) is 16.9. The lowest BCUT2D eigenvalue weighted by Gasteiger charge is -2.11. The van der Waals surface area contributed by atoms with Crippen LogP contribution in [0.25, 0.3) is 11.1 Å². The van der Waals surface area contributed by atoms with E-state index in [1.165, 1.54) is 24.4 Å². The molecular weight excluding hydrogens is 369 g/mol. The van der Waals surface area contributed by atoms with Gasteiger partial charge in [-0.05, 0) is 24.6 Å². The second-order valence-corrected chi connectivity index (χ2v) is 7.54. The largest absolute Gasteiger partial charge is 0.454 e. The first-order chi connectivity index (χ1) is 11.2. The smallest absolute Gasteiger partial charge is 0.429 e. The van der Waals surface area contributed by atoms with Gasteiger partial charge in [0.1, 0.15) is 0 Å². The fourth-order valence-electron chi connectivity index (χ4n) is 2.07. The van der Waals surface area contributed by atoms with Crippen molar-refractivity contribution in [2.45, 2.75) is 13.1 Å². The molecule has 0 amide bonds. The van der Waals surface area contributed by atoms with Crippen molar-refractivity contribution in [3.63, 3.8) is 0 Å². The Bertz CT molecular complexity index is 871. The van der Waals surface area contributed by atoms with Gasteiger partial charge in [0.15, 0.2) is 22.1 Å². The lowest BCUT2D eigenvalue weighted by molar-refractivity contribution is -0.135. The Labute approximate surface area is 139 Å². The molecule has 0 aliphatic carbocycles. The Morgan fingerprint density at radius 3 is 2.62 bits per heavy atom. The number of halogens is 3. The summed E-state index contributed by atoms with van der Waals surface area (Å²) < 4.78 is 78.0. The van der Waals surface area contributed by atoms with Crippen molar-refractivity contribution >= 4 is 21.5 Å². The van der Waals surface area contributed by atoms with Gasteiger partial charge in [0, 0.05) is 10.9 Å². The van der Waals surface area contributed by atoms with Crippen LogP contribution in [0.5, 0.6) is 17.2 Å². The van der Waals surface area contributed by atoms with Crippen molar-refractivity contribution in [1.82, 2.24) is 0 Å². The summed E-state index contributed by atoms with van der Waals surface area (Å²) in [4.78, 5) is -1.10. The van der Waals surface area contributed by atoms with Gasteiger partial charge in [-0.25, -0.2) is 0 Å². The van der Waals surface area contributed by atoms with Gasteiger partial charge in [0.25, 0.3) is 0 Å². The van der Waals surface area contributed by atoms with Crippen molar-refractivity contribution in [1.29, 1.82) is 0 Å². The number of fused-ring (bicyclic) bond motifs is 1. The number of thiophene rings is 1. The molecule has 130 valence electrons. The normalized spacial score (nSPS) is 14.0. The molecule has 0 bridgehead atoms. The minimum absolute atomic E-state index is 0.0177. The van der Waals surface area contributed by atoms with Gasteiger partial charge in [-0.3, -0.25) is 0 Å². The average Bonchev–Trinajstić information content (AvgIpc) is 3.11. The summed E-state index contributed by atoms with van der Waals surface area (Å²) in [6, 6.07) is 4.54. The molecule has 0 unspecified atom stereocenters. The molecule has 2 aromatic rings. The molecule has 0 saturated carbocycles. The average molecular weight is 380 g/mol. The van der Waals surface area contributed by atoms with E-state index in [2.05, 4.69) is 0 Å². The molecule has 0 fully saturated rings. The summed E-state index contributed by atoms with van der Waals surface area (Å²) in [5.41, 5.74) is 0.370. The van der Waals surface area contributed by atoms with Gasteiger partial charge in [0.05, 0.1) is 5.75 Å². The summed E-state index contributed by atoms with van der Waals surface area (Å²) in [5.74, 6) is -0.320. The molecule has 24 heavy (non-hydrogen) atoms. The van der Waals surface area contributed by atoms with E-state index in [9.17, 15) is 21.6 Å². The minimum Gasteiger partial charge on any atom is -0.454 e. The van der Waals surface area contributed by atoms with Crippen LogP contribution in [0.1, 0.15) is 11.8 Å². The zero-order valence-corrected chi connectivity index (χ0v) is 13.8. The number of rotatable bonds is 4. The maximum atomic E-state index is 13.2. The third kappa shape index (κ3) is 3.16. The number of hydrogen-bond donors (Lipinski definition) is 0. The SMILES string of the molecule is CCS(=O)(=O)Oc1c(-c2ccc3c(c2)OCO3)csc1C(F)(F)F. The molecule has 1 aromatic carbocycles. The van der Waals surface area contributed by atoms with Crippen LogP contribution in [0.15, 0.2) is 23.6 Å². The van der Waals surface area contributed by atoms with Gasteiger partial charge >= 0.3 is 16.3 Å². The van der Waals surface area contributed by atoms with Crippen molar-refractivity contribution in [3.8, 4) is 28.4 Å². The van der Waals surface area contributed by atoms with Gasteiger partial charge in [-0.1, -0.05) is 6.07 Å². The third-order valence-electron chi connectivity index (χ3n) is 3.25. The van der Waals surface area contributed by atoms with Crippen LogP contribution in [0.4, 0.5) is 13.2 Å². The molecule has 1 aliphatic rings. The molecule has 1 aliphatic heterocycles. The highest BCUT2D eigenvalue weighted by Gasteiger charge is 2.39. The van der Waals surface area contributed by atoms with Gasteiger partial charge < -0.3 is 13.7 Å². The topological polar surface area (TPSA) is 61.8 Å². The molecule has 0 radical (unpaired) electrons. The Balaban J connectivity index is 2.12. The van der Waals surface area contributed by atoms with Crippen LogP contribution in [-0.4, -0.2) is 21.0 Å². The fraction of sp³-hybridized carbons (Fsp3) is 0.286. The number of alkyl halides is 3. The van der Waals surface area contributed by atoms with E-state index < -0.39 is 32.7 Å². The Kier molecular flexibility index (Phi) is 4.12. The van der Waals surface area contributed by atoms with Gasteiger partial charge in [-0.2, -0.15) is 21.6 Å². The highest BCUT2D eigenvalue weighted by atomic mass is 32.2. The predicted octanol–water partition coefficient (Wildman–Crippen LogP) is 3.89. The lowest BCUT2D eigenvalue weighted by Crippen LogP contribution is -2.14. The van der Waals surface area contributed by atoms with E-state index in [0.717, 1.165) is 0 Å². The zero-order valence-electron chi connectivity index (χ0n) is 12.2. The summed E-state index contributed by atoms with van der Waals surface area (Å²) in [6.07, 6.45) is -4.72. The number of hydrogen-bond acceptors (Lipinski definition) is 6. The van der Waals surface area contributed by atoms with Crippen molar-refractivity contribution in [3.05, 3.63) is 28.5 Å². The molecule has 0 saturated heterocycles. The van der Waals surface area contributed by atoms with E-state index in [4.69, 9.17) is 13.7 Å². The van der Waals surface area contributed by atoms with Crippen LogP contribution in [-0.2, 0) is 16.3 Å². The highest BCUT2D eigenvalue weighted by Crippen LogP contribution is 2.48. The standard InChI is InChI=1S/C14H11F3O5S2/c1-2-24(18,19)22-12-9(6-23-13(12)14(15,16)17)8-3-4-10-11(5-8)21-7-20-10/h3-6H,2,7H2,1H3. The Morgan fingerprint density at radius 2 is 1.96 bits per heavy atom. The summed E-state index contributed by atoms with van der Waals surface area (Å²) in [6.45, 7) is 1.30. The van der Waals surface area contributed by atoms with Crippen LogP contribution >= 0.6 is 11.3 Å². The molecule has 0 atom stereocenters. The summed E-state index contributed by atoms with van der Waals surface area (Å²) in [7, 11) is -4.12. The first-order valence-electron chi connectivity index (χ1n) is 6.72. The van der Waals surface area contributed by atoms with Crippen LogP contribution in [0.2, 0.25) is 0 Å². The summed E-state index contributed by atoms with van der Waals surface area (Å²) >= 11 is 0.376. The van der Waals surface area contributed by atoms with E-state index >= 15 is 0 Å². The summed E-state index contributed by atoms with van der Waals surface area (Å²) in [5, 5.41) is 1.21. The van der Waals surface area contributed by atoms with Crippen molar-refractivity contribution in [2.24, 2.45) is 0 Å². The Hall–Kier alpha value is -1.94. The monoisotopic (exact) mass is 380 g/mol. The van der Waals surface area contributed by atoms with Crippen LogP contribution in [0, 0.1) is 0 Å². The molecule has 3 rings (SSSR count). The van der Waals surface area contributed by atoms with Crippen molar-refractivity contribution < 1.29 is 35.2 Å². The first-order valence-corrected chi connectivity index (χ1v) is 9.18. The molecular formula is C14H11F3O5S2. The molecule has 0 spiro atoms. The lowest BCUT2D eigenvalue weighted by atomic mass is 10.1. The third-order valence-corrected chi connectivity index (χ3v) is 5.38. The molecule has 1 aromatic heterocycles. The van der Waals surface area contributed by atoms with Gasteiger partial charge in [-0.15, -0.1) is 11.3 Å². The zero-order chi connectivity index (χ0) is 17.5. The van der Waals surface area contributed by atoms with Crippen molar-refractivity contribution in [2.75, 3.05) is 12.5 Å². The van der Waals surface area contributed by atoms with E-state index in [1.54, 1.807) is 6.07 Å². The highest BCUT2D eigenvalue weighted by molar-refractivity contribution is 7.87. The molecule has 2 heterocycles.